The third-order valence-corrected chi connectivity index (χ3v) is 5.40. The maximum Gasteiger partial charge on any atom is 0.379 e. The fourth-order valence-corrected chi connectivity index (χ4v) is 3.79. The van der Waals surface area contributed by atoms with Gasteiger partial charge in [0.1, 0.15) is 0 Å². The fourth-order valence-electron chi connectivity index (χ4n) is 3.79. The number of amides is 1. The minimum Gasteiger partial charge on any atom is -0.447 e. The number of aromatic nitrogens is 3. The molecule has 3 aromatic carbocycles. The molecule has 1 heterocycles. The summed E-state index contributed by atoms with van der Waals surface area (Å²) in [4.78, 5) is 30.1. The summed E-state index contributed by atoms with van der Waals surface area (Å²) in [6.07, 6.45) is -1.03. The lowest BCUT2D eigenvalue weighted by Gasteiger charge is -2.16. The number of aryl methyl sites for hydroxylation is 3. The van der Waals surface area contributed by atoms with Crippen LogP contribution in [-0.2, 0) is 9.53 Å². The molecule has 4 aromatic rings. The Bertz CT molecular complexity index is 1250. The van der Waals surface area contributed by atoms with Gasteiger partial charge in [0.25, 0.3) is 11.7 Å². The molecule has 1 unspecified atom stereocenters. The van der Waals surface area contributed by atoms with Gasteiger partial charge in [-0.1, -0.05) is 66.2 Å². The number of nitrogens with one attached hydrogen (secondary N) is 1. The topological polar surface area (TPSA) is 86.1 Å². The number of rotatable bonds is 6. The van der Waals surface area contributed by atoms with Gasteiger partial charge in [0.2, 0.25) is 0 Å². The van der Waals surface area contributed by atoms with Gasteiger partial charge in [-0.05, 0) is 51.0 Å². The molecule has 0 saturated carbocycles. The predicted octanol–water partition coefficient (Wildman–Crippen LogP) is 5.04. The van der Waals surface area contributed by atoms with Crippen molar-refractivity contribution in [1.29, 1.82) is 0 Å². The van der Waals surface area contributed by atoms with E-state index in [-0.39, 0.29) is 5.82 Å². The maximum absolute atomic E-state index is 12.9. The van der Waals surface area contributed by atoms with E-state index in [0.29, 0.717) is 5.82 Å². The van der Waals surface area contributed by atoms with Crippen molar-refractivity contribution >= 4 is 17.6 Å². The molecule has 172 valence electrons. The van der Waals surface area contributed by atoms with Crippen molar-refractivity contribution in [2.75, 3.05) is 5.32 Å². The second-order valence-electron chi connectivity index (χ2n) is 8.18. The smallest absolute Gasteiger partial charge is 0.379 e. The van der Waals surface area contributed by atoms with Crippen molar-refractivity contribution in [3.8, 4) is 17.1 Å². The first-order chi connectivity index (χ1) is 16.3. The first-order valence-corrected chi connectivity index (χ1v) is 11.0. The first-order valence-electron chi connectivity index (χ1n) is 11.0. The predicted molar refractivity (Wildman–Crippen MR) is 131 cm³/mol. The molecular formula is C27H26N4O3. The molecule has 1 aromatic heterocycles. The molecule has 0 radical (unpaired) electrons. The SMILES string of the molecule is Cc1cc(C)c(NC(=O)C(C)OC(=O)c2nc(-c3ccccc3)n(-c3ccccc3)n2)c(C)c1. The van der Waals surface area contributed by atoms with Gasteiger partial charge in [0.05, 0.1) is 5.69 Å². The largest absolute Gasteiger partial charge is 0.447 e. The number of ether oxygens (including phenoxy) is 1. The minimum atomic E-state index is -1.03. The Kier molecular flexibility index (Phi) is 6.54. The van der Waals surface area contributed by atoms with Gasteiger partial charge in [-0.3, -0.25) is 4.79 Å². The molecule has 4 rings (SSSR count). The molecule has 1 atom stereocenters. The molecule has 0 spiro atoms. The summed E-state index contributed by atoms with van der Waals surface area (Å²) >= 11 is 0. The molecule has 34 heavy (non-hydrogen) atoms. The van der Waals surface area contributed by atoms with E-state index in [1.807, 2.05) is 93.6 Å². The van der Waals surface area contributed by atoms with Gasteiger partial charge in [-0.15, -0.1) is 5.10 Å². The molecular weight excluding hydrogens is 428 g/mol. The first kappa shape index (κ1) is 22.9. The van der Waals surface area contributed by atoms with Crippen LogP contribution < -0.4 is 5.32 Å². The number of para-hydroxylation sites is 1. The van der Waals surface area contributed by atoms with Gasteiger partial charge in [-0.2, -0.15) is 0 Å². The highest BCUT2D eigenvalue weighted by Crippen LogP contribution is 2.23. The molecule has 0 aliphatic heterocycles. The molecule has 0 saturated heterocycles. The Morgan fingerprint density at radius 3 is 2.12 bits per heavy atom. The van der Waals surface area contributed by atoms with Gasteiger partial charge in [0, 0.05) is 11.3 Å². The van der Waals surface area contributed by atoms with Crippen molar-refractivity contribution in [3.63, 3.8) is 0 Å². The van der Waals surface area contributed by atoms with E-state index in [4.69, 9.17) is 4.74 Å². The van der Waals surface area contributed by atoms with Crippen LogP contribution in [0.5, 0.6) is 0 Å². The standard InChI is InChI=1S/C27H26N4O3/c1-17-15-18(2)23(19(3)16-17)28-26(32)20(4)34-27(33)24-29-25(21-11-7-5-8-12-21)31(30-24)22-13-9-6-10-14-22/h5-16,20H,1-4H3,(H,28,32). The van der Waals surface area contributed by atoms with Crippen molar-refractivity contribution in [2.24, 2.45) is 0 Å². The lowest BCUT2D eigenvalue weighted by atomic mass is 10.0. The van der Waals surface area contributed by atoms with Crippen molar-refractivity contribution in [1.82, 2.24) is 14.8 Å². The number of hydrogen-bond donors (Lipinski definition) is 1. The zero-order chi connectivity index (χ0) is 24.2. The average molecular weight is 455 g/mol. The van der Waals surface area contributed by atoms with Crippen LogP contribution in [0.1, 0.15) is 34.2 Å². The lowest BCUT2D eigenvalue weighted by molar-refractivity contribution is -0.123. The quantitative estimate of drug-likeness (QED) is 0.412. The van der Waals surface area contributed by atoms with Crippen molar-refractivity contribution < 1.29 is 14.3 Å². The maximum atomic E-state index is 12.9. The molecule has 0 aliphatic rings. The third kappa shape index (κ3) is 4.88. The van der Waals surface area contributed by atoms with E-state index >= 15 is 0 Å². The van der Waals surface area contributed by atoms with Crippen molar-refractivity contribution in [2.45, 2.75) is 33.8 Å². The molecule has 1 amide bonds. The Morgan fingerprint density at radius 2 is 1.50 bits per heavy atom. The zero-order valence-corrected chi connectivity index (χ0v) is 19.6. The molecule has 1 N–H and O–H groups in total. The highest BCUT2D eigenvalue weighted by molar-refractivity contribution is 5.97. The summed E-state index contributed by atoms with van der Waals surface area (Å²) in [5.41, 5.74) is 5.27. The highest BCUT2D eigenvalue weighted by Gasteiger charge is 2.25. The molecule has 0 aliphatic carbocycles. The number of carbonyl (C=O) groups is 2. The van der Waals surface area contributed by atoms with Crippen LogP contribution in [0, 0.1) is 20.8 Å². The summed E-state index contributed by atoms with van der Waals surface area (Å²) in [7, 11) is 0. The second-order valence-corrected chi connectivity index (χ2v) is 8.18. The number of anilines is 1. The Morgan fingerprint density at radius 1 is 0.912 bits per heavy atom. The molecule has 0 fully saturated rings. The Labute approximate surface area is 198 Å². The number of hydrogen-bond acceptors (Lipinski definition) is 5. The van der Waals surface area contributed by atoms with Crippen LogP contribution in [0.4, 0.5) is 5.69 Å². The monoisotopic (exact) mass is 454 g/mol. The number of nitrogens with zero attached hydrogens (tertiary/aromatic N) is 3. The minimum absolute atomic E-state index is 0.120. The Balaban J connectivity index is 1.56. The summed E-state index contributed by atoms with van der Waals surface area (Å²) in [5.74, 6) is -0.812. The molecule has 7 heteroatoms. The van der Waals surface area contributed by atoms with Gasteiger partial charge < -0.3 is 10.1 Å². The van der Waals surface area contributed by atoms with Crippen LogP contribution in [0.2, 0.25) is 0 Å². The summed E-state index contributed by atoms with van der Waals surface area (Å²) in [5, 5.41) is 7.26. The number of carbonyl (C=O) groups excluding carboxylic acids is 2. The van der Waals surface area contributed by atoms with Crippen LogP contribution in [0.25, 0.3) is 17.1 Å². The average Bonchev–Trinajstić information content (AvgIpc) is 3.28. The summed E-state index contributed by atoms with van der Waals surface area (Å²) in [6.45, 7) is 7.38. The fraction of sp³-hybridized carbons (Fsp3) is 0.185. The lowest BCUT2D eigenvalue weighted by Crippen LogP contribution is -2.30. The van der Waals surface area contributed by atoms with Crippen LogP contribution in [0.15, 0.2) is 72.8 Å². The molecule has 0 bridgehead atoms. The summed E-state index contributed by atoms with van der Waals surface area (Å²) in [6, 6.07) is 22.8. The second kappa shape index (κ2) is 9.70. The number of esters is 1. The van der Waals surface area contributed by atoms with Gasteiger partial charge >= 0.3 is 5.97 Å². The van der Waals surface area contributed by atoms with E-state index in [1.54, 1.807) is 4.68 Å². The molecule has 7 nitrogen and oxygen atoms in total. The summed E-state index contributed by atoms with van der Waals surface area (Å²) < 4.78 is 7.02. The number of benzene rings is 3. The third-order valence-electron chi connectivity index (χ3n) is 5.40. The van der Waals surface area contributed by atoms with E-state index in [9.17, 15) is 9.59 Å². The normalized spacial score (nSPS) is 11.6. The van der Waals surface area contributed by atoms with Crippen LogP contribution >= 0.6 is 0 Å². The van der Waals surface area contributed by atoms with E-state index in [1.165, 1.54) is 6.92 Å². The van der Waals surface area contributed by atoms with E-state index in [2.05, 4.69) is 15.4 Å². The van der Waals surface area contributed by atoms with Gasteiger partial charge in [0.15, 0.2) is 11.9 Å². The van der Waals surface area contributed by atoms with E-state index < -0.39 is 18.0 Å². The van der Waals surface area contributed by atoms with E-state index in [0.717, 1.165) is 33.6 Å². The van der Waals surface area contributed by atoms with Crippen LogP contribution in [-0.4, -0.2) is 32.7 Å². The highest BCUT2D eigenvalue weighted by atomic mass is 16.5. The van der Waals surface area contributed by atoms with Crippen LogP contribution in [0.3, 0.4) is 0 Å². The zero-order valence-electron chi connectivity index (χ0n) is 19.6. The Hall–Kier alpha value is -4.26. The van der Waals surface area contributed by atoms with Gasteiger partial charge in [-0.25, -0.2) is 14.5 Å². The van der Waals surface area contributed by atoms with Crippen molar-refractivity contribution in [3.05, 3.63) is 95.3 Å².